The van der Waals surface area contributed by atoms with E-state index in [0.717, 1.165) is 38.2 Å². The summed E-state index contributed by atoms with van der Waals surface area (Å²) < 4.78 is 3.92. The summed E-state index contributed by atoms with van der Waals surface area (Å²) in [7, 11) is 2.00. The zero-order valence-electron chi connectivity index (χ0n) is 11.1. The van der Waals surface area contributed by atoms with Crippen molar-refractivity contribution in [3.63, 3.8) is 0 Å². The summed E-state index contributed by atoms with van der Waals surface area (Å²) in [6, 6.07) is 4.12. The first-order chi connectivity index (χ1) is 8.79. The molecule has 2 aromatic heterocycles. The third kappa shape index (κ3) is 3.43. The van der Waals surface area contributed by atoms with Crippen molar-refractivity contribution < 1.29 is 0 Å². The van der Waals surface area contributed by atoms with Crippen LogP contribution in [-0.4, -0.2) is 26.1 Å². The van der Waals surface area contributed by atoms with Crippen LogP contribution in [0.5, 0.6) is 0 Å². The van der Waals surface area contributed by atoms with Crippen LogP contribution in [0, 0.1) is 0 Å². The molecule has 5 nitrogen and oxygen atoms in total. The van der Waals surface area contributed by atoms with Crippen LogP contribution in [0.3, 0.4) is 0 Å². The normalized spacial score (nSPS) is 11.0. The number of aromatic nitrogens is 4. The van der Waals surface area contributed by atoms with E-state index in [0.29, 0.717) is 0 Å². The highest BCUT2D eigenvalue weighted by atomic mass is 15.3. The lowest BCUT2D eigenvalue weighted by Gasteiger charge is -2.05. The van der Waals surface area contributed by atoms with Gasteiger partial charge in [-0.3, -0.25) is 9.36 Å². The first-order valence-electron chi connectivity index (χ1n) is 6.49. The van der Waals surface area contributed by atoms with Crippen molar-refractivity contribution in [2.45, 2.75) is 32.9 Å². The molecule has 98 valence electrons. The molecule has 0 aliphatic heterocycles. The van der Waals surface area contributed by atoms with Gasteiger partial charge in [-0.2, -0.15) is 10.2 Å². The highest BCUT2D eigenvalue weighted by Gasteiger charge is 2.02. The lowest BCUT2D eigenvalue weighted by atomic mass is 10.3. The first-order valence-corrected chi connectivity index (χ1v) is 6.49. The van der Waals surface area contributed by atoms with Gasteiger partial charge in [-0.05, 0) is 31.5 Å². The Kier molecular flexibility index (Phi) is 4.52. The molecule has 0 aromatic carbocycles. The summed E-state index contributed by atoms with van der Waals surface area (Å²) in [6.07, 6.45) is 5.89. The molecule has 0 amide bonds. The van der Waals surface area contributed by atoms with Crippen molar-refractivity contribution in [3.05, 3.63) is 35.9 Å². The van der Waals surface area contributed by atoms with E-state index in [1.807, 2.05) is 34.9 Å². The molecule has 1 N–H and O–H groups in total. The average molecular weight is 247 g/mol. The molecular weight excluding hydrogens is 226 g/mol. The zero-order valence-corrected chi connectivity index (χ0v) is 11.1. The van der Waals surface area contributed by atoms with Crippen molar-refractivity contribution in [2.75, 3.05) is 6.54 Å². The fourth-order valence-electron chi connectivity index (χ4n) is 1.92. The number of aryl methyl sites for hydroxylation is 3. The van der Waals surface area contributed by atoms with Crippen LogP contribution in [-0.2, 0) is 26.6 Å². The van der Waals surface area contributed by atoms with Crippen LogP contribution >= 0.6 is 0 Å². The largest absolute Gasteiger partial charge is 0.311 e. The summed E-state index contributed by atoms with van der Waals surface area (Å²) in [5.41, 5.74) is 2.40. The molecule has 0 saturated heterocycles. The van der Waals surface area contributed by atoms with Gasteiger partial charge in [0.05, 0.1) is 11.4 Å². The Morgan fingerprint density at radius 3 is 2.94 bits per heavy atom. The third-order valence-corrected chi connectivity index (χ3v) is 3.00. The van der Waals surface area contributed by atoms with Gasteiger partial charge in [-0.1, -0.05) is 6.92 Å². The Balaban J connectivity index is 1.67. The molecule has 18 heavy (non-hydrogen) atoms. The molecule has 0 atom stereocenters. The van der Waals surface area contributed by atoms with Crippen LogP contribution in [0.4, 0.5) is 0 Å². The molecule has 0 aliphatic carbocycles. The van der Waals surface area contributed by atoms with E-state index in [9.17, 15) is 0 Å². The molecule has 2 heterocycles. The molecule has 2 aromatic rings. The molecule has 0 radical (unpaired) electrons. The van der Waals surface area contributed by atoms with E-state index in [1.54, 1.807) is 0 Å². The first kappa shape index (κ1) is 12.8. The average Bonchev–Trinajstić information content (AvgIpc) is 2.99. The predicted octanol–water partition coefficient (Wildman–Crippen LogP) is 1.36. The Morgan fingerprint density at radius 1 is 1.39 bits per heavy atom. The minimum absolute atomic E-state index is 0.878. The maximum absolute atomic E-state index is 4.43. The van der Waals surface area contributed by atoms with Crippen LogP contribution < -0.4 is 5.32 Å². The molecule has 5 heteroatoms. The lowest BCUT2D eigenvalue weighted by molar-refractivity contribution is 0.534. The third-order valence-electron chi connectivity index (χ3n) is 3.00. The van der Waals surface area contributed by atoms with Crippen molar-refractivity contribution in [1.29, 1.82) is 0 Å². The zero-order chi connectivity index (χ0) is 12.8. The fraction of sp³-hybridized carbons (Fsp3) is 0.538. The Morgan fingerprint density at radius 2 is 2.28 bits per heavy atom. The highest BCUT2D eigenvalue weighted by Crippen LogP contribution is 2.03. The van der Waals surface area contributed by atoms with Gasteiger partial charge in [0.25, 0.3) is 0 Å². The van der Waals surface area contributed by atoms with Gasteiger partial charge >= 0.3 is 0 Å². The quantitative estimate of drug-likeness (QED) is 0.752. The van der Waals surface area contributed by atoms with E-state index < -0.39 is 0 Å². The summed E-state index contributed by atoms with van der Waals surface area (Å²) >= 11 is 0. The van der Waals surface area contributed by atoms with E-state index in [-0.39, 0.29) is 0 Å². The number of nitrogens with zero attached hydrogens (tertiary/aromatic N) is 4. The van der Waals surface area contributed by atoms with E-state index >= 15 is 0 Å². The van der Waals surface area contributed by atoms with Crippen LogP contribution in [0.1, 0.15) is 24.7 Å². The minimum Gasteiger partial charge on any atom is -0.311 e. The molecule has 0 fully saturated rings. The maximum atomic E-state index is 4.43. The second-order valence-corrected chi connectivity index (χ2v) is 4.40. The van der Waals surface area contributed by atoms with Gasteiger partial charge in [-0.25, -0.2) is 0 Å². The maximum Gasteiger partial charge on any atom is 0.0625 e. The van der Waals surface area contributed by atoms with Crippen molar-refractivity contribution >= 4 is 0 Å². The minimum atomic E-state index is 0.878. The number of nitrogens with one attached hydrogen (secondary N) is 1. The fourth-order valence-corrected chi connectivity index (χ4v) is 1.92. The Hall–Kier alpha value is -1.62. The standard InChI is InChI=1S/C13H21N5/c1-3-12-10-13(17(2)16-12)11-14-6-4-8-18-9-5-7-15-18/h5,7,9-10,14H,3-4,6,8,11H2,1-2H3. The monoisotopic (exact) mass is 247 g/mol. The molecule has 0 bridgehead atoms. The SMILES string of the molecule is CCc1cc(CNCCCn2cccn2)n(C)n1. The molecule has 0 saturated carbocycles. The molecule has 2 rings (SSSR count). The highest BCUT2D eigenvalue weighted by molar-refractivity contribution is 5.09. The van der Waals surface area contributed by atoms with Gasteiger partial charge in [0.15, 0.2) is 0 Å². The van der Waals surface area contributed by atoms with Gasteiger partial charge in [-0.15, -0.1) is 0 Å². The predicted molar refractivity (Wildman–Crippen MR) is 71.1 cm³/mol. The number of rotatable bonds is 7. The van der Waals surface area contributed by atoms with E-state index in [2.05, 4.69) is 28.5 Å². The van der Waals surface area contributed by atoms with Crippen molar-refractivity contribution in [3.8, 4) is 0 Å². The Bertz CT molecular complexity index is 458. The Labute approximate surface area is 108 Å². The van der Waals surface area contributed by atoms with E-state index in [1.165, 1.54) is 5.69 Å². The molecule has 0 unspecified atom stereocenters. The second-order valence-electron chi connectivity index (χ2n) is 4.40. The van der Waals surface area contributed by atoms with Crippen molar-refractivity contribution in [2.24, 2.45) is 7.05 Å². The summed E-state index contributed by atoms with van der Waals surface area (Å²) in [5.74, 6) is 0. The van der Waals surface area contributed by atoms with E-state index in [4.69, 9.17) is 0 Å². The van der Waals surface area contributed by atoms with Gasteiger partial charge in [0, 0.05) is 32.5 Å². The van der Waals surface area contributed by atoms with Gasteiger partial charge in [0.2, 0.25) is 0 Å². The van der Waals surface area contributed by atoms with Gasteiger partial charge in [0.1, 0.15) is 0 Å². The summed E-state index contributed by atoms with van der Waals surface area (Å²) in [6.45, 7) is 4.96. The molecule has 0 spiro atoms. The van der Waals surface area contributed by atoms with Gasteiger partial charge < -0.3 is 5.32 Å². The van der Waals surface area contributed by atoms with Crippen molar-refractivity contribution in [1.82, 2.24) is 24.9 Å². The summed E-state index contributed by atoms with van der Waals surface area (Å²) in [4.78, 5) is 0. The topological polar surface area (TPSA) is 47.7 Å². The second kappa shape index (κ2) is 6.35. The number of hydrogen-bond donors (Lipinski definition) is 1. The molecular formula is C13H21N5. The summed E-state index contributed by atoms with van der Waals surface area (Å²) in [5, 5.41) is 12.0. The smallest absolute Gasteiger partial charge is 0.0625 e. The van der Waals surface area contributed by atoms with Crippen LogP contribution in [0.15, 0.2) is 24.5 Å². The van der Waals surface area contributed by atoms with Crippen LogP contribution in [0.25, 0.3) is 0 Å². The number of hydrogen-bond acceptors (Lipinski definition) is 3. The lowest BCUT2D eigenvalue weighted by Crippen LogP contribution is -2.18. The van der Waals surface area contributed by atoms with Crippen LogP contribution in [0.2, 0.25) is 0 Å². The molecule has 0 aliphatic rings.